The van der Waals surface area contributed by atoms with Crippen LogP contribution in [0.3, 0.4) is 0 Å². The molecule has 0 saturated carbocycles. The lowest BCUT2D eigenvalue weighted by Crippen LogP contribution is -2.42. The number of hydrazone groups is 1. The second kappa shape index (κ2) is 6.35. The van der Waals surface area contributed by atoms with Gasteiger partial charge < -0.3 is 5.32 Å². The van der Waals surface area contributed by atoms with Crippen LogP contribution in [0.2, 0.25) is 0 Å². The summed E-state index contributed by atoms with van der Waals surface area (Å²) in [6.45, 7) is 1.93. The van der Waals surface area contributed by atoms with Crippen molar-refractivity contribution in [3.63, 3.8) is 0 Å². The molecule has 0 radical (unpaired) electrons. The van der Waals surface area contributed by atoms with Crippen LogP contribution in [-0.2, 0) is 19.4 Å². The fourth-order valence-electron chi connectivity index (χ4n) is 2.91. The highest BCUT2D eigenvalue weighted by Crippen LogP contribution is 2.22. The fourth-order valence-corrected chi connectivity index (χ4v) is 4.61. The van der Waals surface area contributed by atoms with Crippen molar-refractivity contribution in [3.05, 3.63) is 29.8 Å². The molecule has 1 fully saturated rings. The first-order valence-corrected chi connectivity index (χ1v) is 9.64. The number of sulfone groups is 1. The van der Waals surface area contributed by atoms with Gasteiger partial charge in [-0.2, -0.15) is 5.10 Å². The van der Waals surface area contributed by atoms with Gasteiger partial charge >= 0.3 is 0 Å². The summed E-state index contributed by atoms with van der Waals surface area (Å²) in [5, 5.41) is 8.12. The Labute approximate surface area is 140 Å². The highest BCUT2D eigenvalue weighted by atomic mass is 32.2. The van der Waals surface area contributed by atoms with Gasteiger partial charge in [-0.25, -0.2) is 13.4 Å². The number of carbonyl (C=O) groups excluding carboxylic acids is 2. The fraction of sp³-hybridized carbons (Fsp3) is 0.438. The van der Waals surface area contributed by atoms with Gasteiger partial charge in [0.25, 0.3) is 5.91 Å². The first kappa shape index (κ1) is 16.6. The van der Waals surface area contributed by atoms with Gasteiger partial charge in [0, 0.05) is 18.5 Å². The molecular formula is C16H19N3O4S. The van der Waals surface area contributed by atoms with Crippen molar-refractivity contribution in [2.45, 2.75) is 32.2 Å². The van der Waals surface area contributed by atoms with Gasteiger partial charge in [0.2, 0.25) is 5.91 Å². The number of amides is 2. The van der Waals surface area contributed by atoms with Gasteiger partial charge in [-0.15, -0.1) is 0 Å². The molecule has 2 aliphatic heterocycles. The van der Waals surface area contributed by atoms with E-state index in [1.807, 2.05) is 25.1 Å². The minimum absolute atomic E-state index is 0.0573. The number of carbonyl (C=O) groups is 2. The summed E-state index contributed by atoms with van der Waals surface area (Å²) in [7, 11) is -3.12. The van der Waals surface area contributed by atoms with Crippen LogP contribution in [-0.4, -0.2) is 48.5 Å². The van der Waals surface area contributed by atoms with E-state index in [9.17, 15) is 18.0 Å². The molecule has 1 aromatic carbocycles. The molecule has 128 valence electrons. The molecule has 3 rings (SSSR count). The van der Waals surface area contributed by atoms with E-state index in [0.717, 1.165) is 5.56 Å². The highest BCUT2D eigenvalue weighted by molar-refractivity contribution is 7.91. The lowest BCUT2D eigenvalue weighted by atomic mass is 10.1. The molecule has 2 heterocycles. The molecule has 0 aliphatic carbocycles. The second-order valence-electron chi connectivity index (χ2n) is 6.17. The molecule has 1 atom stereocenters. The van der Waals surface area contributed by atoms with Gasteiger partial charge in [0.15, 0.2) is 9.84 Å². The predicted molar refractivity (Wildman–Crippen MR) is 90.4 cm³/mol. The lowest BCUT2D eigenvalue weighted by molar-refractivity contribution is -0.133. The third kappa shape index (κ3) is 3.64. The quantitative estimate of drug-likeness (QED) is 0.884. The van der Waals surface area contributed by atoms with Crippen molar-refractivity contribution in [2.75, 3.05) is 16.8 Å². The topological polar surface area (TPSA) is 95.9 Å². The number of hydrogen-bond donors (Lipinski definition) is 1. The van der Waals surface area contributed by atoms with E-state index in [2.05, 4.69) is 10.4 Å². The van der Waals surface area contributed by atoms with Crippen LogP contribution in [0.25, 0.3) is 0 Å². The number of benzene rings is 1. The first-order chi connectivity index (χ1) is 11.3. The summed E-state index contributed by atoms with van der Waals surface area (Å²) in [4.78, 5) is 24.4. The molecule has 1 saturated heterocycles. The molecule has 7 nitrogen and oxygen atoms in total. The van der Waals surface area contributed by atoms with Crippen LogP contribution in [0.1, 0.15) is 24.8 Å². The maximum Gasteiger partial charge on any atom is 0.271 e. The number of nitrogens with one attached hydrogen (secondary N) is 1. The summed E-state index contributed by atoms with van der Waals surface area (Å²) in [5.41, 5.74) is 1.93. The minimum Gasteiger partial charge on any atom is -0.321 e. The Balaban J connectivity index is 1.76. The van der Waals surface area contributed by atoms with Crippen molar-refractivity contribution < 1.29 is 18.0 Å². The van der Waals surface area contributed by atoms with Gasteiger partial charge in [0.1, 0.15) is 5.71 Å². The van der Waals surface area contributed by atoms with Crippen molar-refractivity contribution in [3.8, 4) is 0 Å². The van der Waals surface area contributed by atoms with Gasteiger partial charge in [-0.3, -0.25) is 9.59 Å². The number of aryl methyl sites for hydroxylation is 1. The zero-order chi connectivity index (χ0) is 17.3. The number of nitrogens with zero attached hydrogens (tertiary/aromatic N) is 2. The maximum absolute atomic E-state index is 12.4. The molecule has 1 aromatic rings. The Morgan fingerprint density at radius 3 is 2.79 bits per heavy atom. The van der Waals surface area contributed by atoms with E-state index in [-0.39, 0.29) is 41.9 Å². The van der Waals surface area contributed by atoms with Crippen LogP contribution in [0.5, 0.6) is 0 Å². The summed E-state index contributed by atoms with van der Waals surface area (Å²) in [6.07, 6.45) is 0.785. The maximum atomic E-state index is 12.4. The molecule has 1 unspecified atom stereocenters. The number of rotatable bonds is 3. The predicted octanol–water partition coefficient (Wildman–Crippen LogP) is 1.10. The standard InChI is InChI=1S/C16H19N3O4S/c1-11-3-2-4-12(9-11)17-16(21)14-5-6-15(20)19(18-14)13-7-8-24(22,23)10-13/h2-4,9,13H,5-8,10H2,1H3,(H,17,21). The van der Waals surface area contributed by atoms with Crippen molar-refractivity contribution in [2.24, 2.45) is 5.10 Å². The third-order valence-electron chi connectivity index (χ3n) is 4.15. The van der Waals surface area contributed by atoms with Gasteiger partial charge in [-0.05, 0) is 31.0 Å². The SMILES string of the molecule is Cc1cccc(NC(=O)C2=NN(C3CCS(=O)(=O)C3)C(=O)CC2)c1. The summed E-state index contributed by atoms with van der Waals surface area (Å²) in [6, 6.07) is 6.92. The Bertz CT molecular complexity index is 816. The summed E-state index contributed by atoms with van der Waals surface area (Å²) in [5.74, 6) is -0.625. The van der Waals surface area contributed by atoms with Crippen molar-refractivity contribution in [1.29, 1.82) is 0 Å². The van der Waals surface area contributed by atoms with E-state index in [1.54, 1.807) is 6.07 Å². The third-order valence-corrected chi connectivity index (χ3v) is 5.90. The highest BCUT2D eigenvalue weighted by Gasteiger charge is 2.37. The molecule has 0 aromatic heterocycles. The van der Waals surface area contributed by atoms with Gasteiger partial charge in [0.05, 0.1) is 17.5 Å². The van der Waals surface area contributed by atoms with E-state index in [1.165, 1.54) is 5.01 Å². The zero-order valence-electron chi connectivity index (χ0n) is 13.4. The average molecular weight is 349 g/mol. The van der Waals surface area contributed by atoms with Crippen LogP contribution in [0.4, 0.5) is 5.69 Å². The molecule has 1 N–H and O–H groups in total. The zero-order valence-corrected chi connectivity index (χ0v) is 14.2. The monoisotopic (exact) mass is 349 g/mol. The molecule has 0 bridgehead atoms. The number of hydrogen-bond acceptors (Lipinski definition) is 5. The van der Waals surface area contributed by atoms with Crippen LogP contribution >= 0.6 is 0 Å². The number of anilines is 1. The second-order valence-corrected chi connectivity index (χ2v) is 8.39. The van der Waals surface area contributed by atoms with E-state index < -0.39 is 15.9 Å². The van der Waals surface area contributed by atoms with Gasteiger partial charge in [-0.1, -0.05) is 12.1 Å². The molecule has 2 aliphatic rings. The Kier molecular flexibility index (Phi) is 4.40. The smallest absolute Gasteiger partial charge is 0.271 e. The molecule has 8 heteroatoms. The minimum atomic E-state index is -3.12. The average Bonchev–Trinajstić information content (AvgIpc) is 2.87. The normalized spacial score (nSPS) is 23.0. The Morgan fingerprint density at radius 2 is 2.12 bits per heavy atom. The van der Waals surface area contributed by atoms with Crippen LogP contribution in [0.15, 0.2) is 29.4 Å². The van der Waals surface area contributed by atoms with E-state index in [0.29, 0.717) is 12.1 Å². The molecule has 0 spiro atoms. The lowest BCUT2D eigenvalue weighted by Gasteiger charge is -2.27. The molecule has 24 heavy (non-hydrogen) atoms. The van der Waals surface area contributed by atoms with Crippen LogP contribution in [0, 0.1) is 6.92 Å². The van der Waals surface area contributed by atoms with Crippen molar-refractivity contribution in [1.82, 2.24) is 5.01 Å². The first-order valence-electron chi connectivity index (χ1n) is 7.82. The Morgan fingerprint density at radius 1 is 1.33 bits per heavy atom. The van der Waals surface area contributed by atoms with Crippen LogP contribution < -0.4 is 5.32 Å². The molecule has 2 amide bonds. The van der Waals surface area contributed by atoms with E-state index >= 15 is 0 Å². The van der Waals surface area contributed by atoms with E-state index in [4.69, 9.17) is 0 Å². The Hall–Kier alpha value is -2.22. The summed E-state index contributed by atoms with van der Waals surface area (Å²) < 4.78 is 23.2. The molecular weight excluding hydrogens is 330 g/mol. The largest absolute Gasteiger partial charge is 0.321 e. The van der Waals surface area contributed by atoms with Crippen molar-refractivity contribution >= 4 is 33.1 Å². The summed E-state index contributed by atoms with van der Waals surface area (Å²) >= 11 is 0.